The van der Waals surface area contributed by atoms with Gasteiger partial charge in [0.1, 0.15) is 11.9 Å². The summed E-state index contributed by atoms with van der Waals surface area (Å²) >= 11 is 0. The summed E-state index contributed by atoms with van der Waals surface area (Å²) in [4.78, 5) is 0. The van der Waals surface area contributed by atoms with E-state index in [4.69, 9.17) is 10.2 Å². The van der Waals surface area contributed by atoms with E-state index in [0.717, 1.165) is 0 Å². The number of hydrogen-bond donors (Lipinski definition) is 2. The van der Waals surface area contributed by atoms with Crippen molar-refractivity contribution < 1.29 is 10.2 Å². The summed E-state index contributed by atoms with van der Waals surface area (Å²) in [6.45, 7) is 6.81. The average Bonchev–Trinajstić information content (AvgIpc) is 1.64. The molecule has 0 radical (unpaired) electrons. The molecule has 2 heteroatoms. The topological polar surface area (TPSA) is 40.5 Å². The summed E-state index contributed by atoms with van der Waals surface area (Å²) in [5.74, 6) is -0.104. The van der Waals surface area contributed by atoms with Gasteiger partial charge in [0.25, 0.3) is 0 Å². The zero-order valence-electron chi connectivity index (χ0n) is 5.26. The van der Waals surface area contributed by atoms with E-state index in [1.165, 1.54) is 0 Å². The van der Waals surface area contributed by atoms with E-state index in [1.807, 2.05) is 13.8 Å². The second-order valence-electron chi connectivity index (χ2n) is 2.18. The van der Waals surface area contributed by atoms with Crippen LogP contribution in [0.2, 0.25) is 0 Å². The molecule has 0 unspecified atom stereocenters. The monoisotopic (exact) mass is 116 g/mol. The minimum absolute atomic E-state index is 0.0486. The lowest BCUT2D eigenvalue weighted by Crippen LogP contribution is -2.16. The Kier molecular flexibility index (Phi) is 2.55. The molecule has 0 aliphatic rings. The molecule has 0 aromatic carbocycles. The zero-order chi connectivity index (χ0) is 6.73. The van der Waals surface area contributed by atoms with Crippen LogP contribution in [0.3, 0.4) is 0 Å². The van der Waals surface area contributed by atoms with Gasteiger partial charge in [0.15, 0.2) is 0 Å². The van der Waals surface area contributed by atoms with Crippen LogP contribution < -0.4 is 0 Å². The highest BCUT2D eigenvalue weighted by Crippen LogP contribution is 2.05. The van der Waals surface area contributed by atoms with Crippen molar-refractivity contribution in [2.45, 2.75) is 20.0 Å². The highest BCUT2D eigenvalue weighted by atomic mass is 16.3. The van der Waals surface area contributed by atoms with E-state index in [1.54, 1.807) is 0 Å². The fourth-order valence-electron chi connectivity index (χ4n) is 0.385. The largest absolute Gasteiger partial charge is 0.510 e. The van der Waals surface area contributed by atoms with E-state index in [0.29, 0.717) is 0 Å². The van der Waals surface area contributed by atoms with Crippen molar-refractivity contribution in [3.8, 4) is 0 Å². The van der Waals surface area contributed by atoms with E-state index < -0.39 is 6.10 Å². The van der Waals surface area contributed by atoms with Gasteiger partial charge in [0, 0.05) is 0 Å². The number of aliphatic hydroxyl groups excluding tert-OH is 2. The van der Waals surface area contributed by atoms with Crippen molar-refractivity contribution in [1.82, 2.24) is 0 Å². The van der Waals surface area contributed by atoms with Crippen molar-refractivity contribution in [3.63, 3.8) is 0 Å². The van der Waals surface area contributed by atoms with E-state index in [-0.39, 0.29) is 11.7 Å². The van der Waals surface area contributed by atoms with Crippen LogP contribution in [-0.4, -0.2) is 16.3 Å². The summed E-state index contributed by atoms with van der Waals surface area (Å²) in [5.41, 5.74) is 0. The molecule has 0 aromatic rings. The first kappa shape index (κ1) is 7.50. The standard InChI is InChI=1S/C6H12O2/c1-4(2)6(8)5(3)7/h4,6-8H,3H2,1-2H3/t6-/m0/s1. The Hall–Kier alpha value is -0.500. The molecule has 2 N–H and O–H groups in total. The quantitative estimate of drug-likeness (QED) is 0.530. The van der Waals surface area contributed by atoms with Gasteiger partial charge in [0.05, 0.1) is 0 Å². The van der Waals surface area contributed by atoms with Gasteiger partial charge in [-0.2, -0.15) is 0 Å². The van der Waals surface area contributed by atoms with Crippen LogP contribution in [0.25, 0.3) is 0 Å². The van der Waals surface area contributed by atoms with Gasteiger partial charge in [-0.25, -0.2) is 0 Å². The summed E-state index contributed by atoms with van der Waals surface area (Å²) in [6.07, 6.45) is -0.769. The molecule has 48 valence electrons. The van der Waals surface area contributed by atoms with Crippen molar-refractivity contribution in [2.75, 3.05) is 0 Å². The van der Waals surface area contributed by atoms with E-state index in [2.05, 4.69) is 6.58 Å². The predicted octanol–water partition coefficient (Wildman–Crippen LogP) is 1.07. The Bertz CT molecular complexity index is 86.5. The summed E-state index contributed by atoms with van der Waals surface area (Å²) in [6, 6.07) is 0. The molecule has 1 atom stereocenters. The highest BCUT2D eigenvalue weighted by molar-refractivity contribution is 4.89. The third-order valence-corrected chi connectivity index (χ3v) is 0.973. The molecule has 0 spiro atoms. The van der Waals surface area contributed by atoms with Crippen LogP contribution in [-0.2, 0) is 0 Å². The maximum Gasteiger partial charge on any atom is 0.114 e. The highest BCUT2D eigenvalue weighted by Gasteiger charge is 2.10. The minimum Gasteiger partial charge on any atom is -0.510 e. The molecular weight excluding hydrogens is 104 g/mol. The second-order valence-corrected chi connectivity index (χ2v) is 2.18. The van der Waals surface area contributed by atoms with Crippen molar-refractivity contribution in [3.05, 3.63) is 12.3 Å². The van der Waals surface area contributed by atoms with E-state index >= 15 is 0 Å². The van der Waals surface area contributed by atoms with Crippen molar-refractivity contribution in [1.29, 1.82) is 0 Å². The third-order valence-electron chi connectivity index (χ3n) is 0.973. The first-order chi connectivity index (χ1) is 3.55. The second kappa shape index (κ2) is 2.72. The Labute approximate surface area is 49.5 Å². The molecule has 0 aliphatic heterocycles. The summed E-state index contributed by atoms with van der Waals surface area (Å²) in [5, 5.41) is 17.4. The average molecular weight is 116 g/mol. The van der Waals surface area contributed by atoms with Crippen LogP contribution in [0.15, 0.2) is 12.3 Å². The molecule has 0 bridgehead atoms. The van der Waals surface area contributed by atoms with Gasteiger partial charge < -0.3 is 10.2 Å². The fourth-order valence-corrected chi connectivity index (χ4v) is 0.385. The van der Waals surface area contributed by atoms with E-state index in [9.17, 15) is 0 Å². The minimum atomic E-state index is -0.769. The molecule has 2 nitrogen and oxygen atoms in total. The van der Waals surface area contributed by atoms with Crippen LogP contribution in [0.4, 0.5) is 0 Å². The molecule has 0 rings (SSSR count). The zero-order valence-corrected chi connectivity index (χ0v) is 5.26. The SMILES string of the molecule is C=C(O)[C@@H](O)C(C)C. The van der Waals surface area contributed by atoms with Gasteiger partial charge in [-0.3, -0.25) is 0 Å². The lowest BCUT2D eigenvalue weighted by Gasteiger charge is -2.11. The maximum absolute atomic E-state index is 8.85. The molecule has 0 aromatic heterocycles. The first-order valence-electron chi connectivity index (χ1n) is 2.61. The predicted molar refractivity (Wildman–Crippen MR) is 32.6 cm³/mol. The smallest absolute Gasteiger partial charge is 0.114 e. The number of hydrogen-bond acceptors (Lipinski definition) is 2. The van der Waals surface area contributed by atoms with Crippen molar-refractivity contribution in [2.24, 2.45) is 5.92 Å². The molecule has 0 heterocycles. The Morgan fingerprint density at radius 3 is 1.88 bits per heavy atom. The van der Waals surface area contributed by atoms with Crippen molar-refractivity contribution >= 4 is 0 Å². The molecule has 0 fully saturated rings. The molecule has 0 amide bonds. The van der Waals surface area contributed by atoms with Gasteiger partial charge in [-0.1, -0.05) is 20.4 Å². The number of aliphatic hydroxyl groups is 2. The molecule has 0 aliphatic carbocycles. The Balaban J connectivity index is 3.64. The molecule has 0 saturated heterocycles. The Morgan fingerprint density at radius 2 is 1.88 bits per heavy atom. The molecule has 0 saturated carbocycles. The number of rotatable bonds is 2. The van der Waals surface area contributed by atoms with Gasteiger partial charge in [-0.05, 0) is 5.92 Å². The van der Waals surface area contributed by atoms with Crippen LogP contribution in [0.5, 0.6) is 0 Å². The normalized spacial score (nSPS) is 14.0. The lowest BCUT2D eigenvalue weighted by atomic mass is 10.1. The van der Waals surface area contributed by atoms with Gasteiger partial charge >= 0.3 is 0 Å². The summed E-state index contributed by atoms with van der Waals surface area (Å²) < 4.78 is 0. The first-order valence-corrected chi connectivity index (χ1v) is 2.61. The van der Waals surface area contributed by atoms with Gasteiger partial charge in [0.2, 0.25) is 0 Å². The Morgan fingerprint density at radius 1 is 1.50 bits per heavy atom. The fraction of sp³-hybridized carbons (Fsp3) is 0.667. The lowest BCUT2D eigenvalue weighted by molar-refractivity contribution is 0.112. The maximum atomic E-state index is 8.85. The third kappa shape index (κ3) is 1.98. The van der Waals surface area contributed by atoms with Crippen LogP contribution in [0.1, 0.15) is 13.8 Å². The van der Waals surface area contributed by atoms with Gasteiger partial charge in [-0.15, -0.1) is 0 Å². The molecular formula is C6H12O2. The van der Waals surface area contributed by atoms with Crippen LogP contribution in [0, 0.1) is 5.92 Å². The molecule has 8 heavy (non-hydrogen) atoms. The summed E-state index contributed by atoms with van der Waals surface area (Å²) in [7, 11) is 0. The van der Waals surface area contributed by atoms with Crippen LogP contribution >= 0.6 is 0 Å².